The van der Waals surface area contributed by atoms with E-state index in [9.17, 15) is 4.79 Å². The number of ether oxygens (including phenoxy) is 2. The van der Waals surface area contributed by atoms with Crippen LogP contribution in [0.25, 0.3) is 0 Å². The molecule has 1 atom stereocenters. The van der Waals surface area contributed by atoms with E-state index in [1.54, 1.807) is 29.2 Å². The first kappa shape index (κ1) is 15.8. The number of morpholine rings is 1. The van der Waals surface area contributed by atoms with Crippen LogP contribution in [0.1, 0.15) is 11.7 Å². The highest BCUT2D eigenvalue weighted by Crippen LogP contribution is 2.22. The zero-order valence-corrected chi connectivity index (χ0v) is 13.4. The summed E-state index contributed by atoms with van der Waals surface area (Å²) in [6.07, 6.45) is -0.0792. The normalized spacial score (nSPS) is 17.8. The molecule has 2 aromatic rings. The molecule has 0 N–H and O–H groups in total. The monoisotopic (exact) mass is 331 g/mol. The highest BCUT2D eigenvalue weighted by Gasteiger charge is 2.25. The van der Waals surface area contributed by atoms with Crippen LogP contribution in [0.2, 0.25) is 5.02 Å². The molecule has 2 aromatic carbocycles. The van der Waals surface area contributed by atoms with Crippen LogP contribution < -0.4 is 4.74 Å². The summed E-state index contributed by atoms with van der Waals surface area (Å²) in [5.74, 6) is 0.597. The predicted molar refractivity (Wildman–Crippen MR) is 88.7 cm³/mol. The van der Waals surface area contributed by atoms with E-state index in [1.165, 1.54) is 0 Å². The summed E-state index contributed by atoms with van der Waals surface area (Å²) < 4.78 is 11.3. The molecule has 1 heterocycles. The van der Waals surface area contributed by atoms with E-state index in [1.807, 2.05) is 30.3 Å². The van der Waals surface area contributed by atoms with E-state index in [2.05, 4.69) is 0 Å². The third kappa shape index (κ3) is 4.24. The quantitative estimate of drug-likeness (QED) is 0.862. The molecule has 1 aliphatic rings. The van der Waals surface area contributed by atoms with Crippen molar-refractivity contribution in [3.05, 3.63) is 65.2 Å². The van der Waals surface area contributed by atoms with Crippen LogP contribution >= 0.6 is 11.6 Å². The topological polar surface area (TPSA) is 38.8 Å². The molecule has 1 fully saturated rings. The number of nitrogens with zero attached hydrogens (tertiary/aromatic N) is 1. The molecule has 0 unspecified atom stereocenters. The van der Waals surface area contributed by atoms with Crippen molar-refractivity contribution in [2.24, 2.45) is 0 Å². The molecular formula is C18H18ClNO3. The van der Waals surface area contributed by atoms with Gasteiger partial charge in [-0.2, -0.15) is 0 Å². The number of hydrogen-bond donors (Lipinski definition) is 0. The number of rotatable bonds is 4. The molecule has 0 spiro atoms. The maximum atomic E-state index is 12.3. The van der Waals surface area contributed by atoms with Crippen LogP contribution in [0, 0.1) is 0 Å². The van der Waals surface area contributed by atoms with Crippen molar-refractivity contribution >= 4 is 17.5 Å². The fourth-order valence-corrected chi connectivity index (χ4v) is 2.64. The first-order valence-corrected chi connectivity index (χ1v) is 7.93. The number of benzene rings is 2. The predicted octanol–water partition coefficient (Wildman–Crippen LogP) is 3.32. The molecule has 0 aromatic heterocycles. The van der Waals surface area contributed by atoms with Gasteiger partial charge in [0.05, 0.1) is 13.2 Å². The van der Waals surface area contributed by atoms with Crippen LogP contribution in [0.5, 0.6) is 5.75 Å². The SMILES string of the molecule is O=C(COc1ccc(Cl)cc1)N1CCO[C@@H](c2ccccc2)C1. The minimum atomic E-state index is -0.0792. The van der Waals surface area contributed by atoms with Crippen LogP contribution in [-0.4, -0.2) is 37.1 Å². The molecule has 0 bridgehead atoms. The molecule has 1 aliphatic heterocycles. The Morgan fingerprint density at radius 2 is 1.91 bits per heavy atom. The van der Waals surface area contributed by atoms with E-state index >= 15 is 0 Å². The van der Waals surface area contributed by atoms with E-state index in [0.717, 1.165) is 5.56 Å². The molecule has 1 saturated heterocycles. The summed E-state index contributed by atoms with van der Waals surface area (Å²) in [6.45, 7) is 1.69. The average Bonchev–Trinajstić information content (AvgIpc) is 2.62. The Bertz CT molecular complexity index is 645. The van der Waals surface area contributed by atoms with Gasteiger partial charge in [0, 0.05) is 11.6 Å². The molecule has 3 rings (SSSR count). The fraction of sp³-hybridized carbons (Fsp3) is 0.278. The van der Waals surface area contributed by atoms with Gasteiger partial charge in [0.2, 0.25) is 0 Å². The second kappa shape index (κ2) is 7.49. The average molecular weight is 332 g/mol. The molecule has 4 nitrogen and oxygen atoms in total. The first-order chi connectivity index (χ1) is 11.2. The van der Waals surface area contributed by atoms with Gasteiger partial charge in [-0.15, -0.1) is 0 Å². The summed E-state index contributed by atoms with van der Waals surface area (Å²) in [5, 5.41) is 0.641. The third-order valence-electron chi connectivity index (χ3n) is 3.77. The zero-order chi connectivity index (χ0) is 16.1. The first-order valence-electron chi connectivity index (χ1n) is 7.55. The largest absolute Gasteiger partial charge is 0.484 e. The minimum absolute atomic E-state index is 0.0170. The Balaban J connectivity index is 1.55. The molecule has 0 radical (unpaired) electrons. The third-order valence-corrected chi connectivity index (χ3v) is 4.02. The van der Waals surface area contributed by atoms with Crippen molar-refractivity contribution < 1.29 is 14.3 Å². The second-order valence-electron chi connectivity index (χ2n) is 5.35. The summed E-state index contributed by atoms with van der Waals surface area (Å²) in [7, 11) is 0. The van der Waals surface area contributed by atoms with E-state index < -0.39 is 0 Å². The second-order valence-corrected chi connectivity index (χ2v) is 5.79. The number of carbonyl (C=O) groups is 1. The van der Waals surface area contributed by atoms with Crippen molar-refractivity contribution in [3.8, 4) is 5.75 Å². The van der Waals surface area contributed by atoms with Crippen molar-refractivity contribution in [3.63, 3.8) is 0 Å². The molecule has 1 amide bonds. The van der Waals surface area contributed by atoms with E-state index in [-0.39, 0.29) is 18.6 Å². The van der Waals surface area contributed by atoms with Gasteiger partial charge >= 0.3 is 0 Å². The minimum Gasteiger partial charge on any atom is -0.484 e. The van der Waals surface area contributed by atoms with Gasteiger partial charge in [0.1, 0.15) is 11.9 Å². The Morgan fingerprint density at radius 3 is 2.65 bits per heavy atom. The Labute approximate surface area is 140 Å². The van der Waals surface area contributed by atoms with Crippen molar-refractivity contribution in [2.45, 2.75) is 6.10 Å². The van der Waals surface area contributed by atoms with Gasteiger partial charge in [-0.1, -0.05) is 41.9 Å². The van der Waals surface area contributed by atoms with Gasteiger partial charge in [0.15, 0.2) is 6.61 Å². The molecular weight excluding hydrogens is 314 g/mol. The maximum Gasteiger partial charge on any atom is 0.260 e. The van der Waals surface area contributed by atoms with Crippen molar-refractivity contribution in [1.29, 1.82) is 0 Å². The summed E-state index contributed by atoms with van der Waals surface area (Å²) in [6, 6.07) is 16.9. The van der Waals surface area contributed by atoms with Gasteiger partial charge in [-0.25, -0.2) is 0 Å². The number of halogens is 1. The summed E-state index contributed by atoms with van der Waals surface area (Å²) in [4.78, 5) is 14.1. The Kier molecular flexibility index (Phi) is 5.16. The van der Waals surface area contributed by atoms with Gasteiger partial charge in [-0.05, 0) is 29.8 Å². The molecule has 120 valence electrons. The van der Waals surface area contributed by atoms with Gasteiger partial charge in [-0.3, -0.25) is 4.79 Å². The maximum absolute atomic E-state index is 12.3. The molecule has 0 saturated carbocycles. The zero-order valence-electron chi connectivity index (χ0n) is 12.7. The lowest BCUT2D eigenvalue weighted by atomic mass is 10.1. The summed E-state index contributed by atoms with van der Waals surface area (Å²) >= 11 is 5.83. The smallest absolute Gasteiger partial charge is 0.260 e. The molecule has 5 heteroatoms. The number of hydrogen-bond acceptors (Lipinski definition) is 3. The Hall–Kier alpha value is -2.04. The standard InChI is InChI=1S/C18H18ClNO3/c19-15-6-8-16(9-7-15)23-13-18(21)20-10-11-22-17(12-20)14-4-2-1-3-5-14/h1-9,17H,10-13H2/t17-/m1/s1. The van der Waals surface area contributed by atoms with Crippen LogP contribution in [0.3, 0.4) is 0 Å². The Morgan fingerprint density at radius 1 is 1.17 bits per heavy atom. The van der Waals surface area contributed by atoms with E-state index in [4.69, 9.17) is 21.1 Å². The lowest BCUT2D eigenvalue weighted by molar-refractivity contribution is -0.141. The molecule has 0 aliphatic carbocycles. The lowest BCUT2D eigenvalue weighted by Crippen LogP contribution is -2.44. The van der Waals surface area contributed by atoms with Crippen molar-refractivity contribution in [1.82, 2.24) is 4.90 Å². The van der Waals surface area contributed by atoms with Crippen LogP contribution in [0.15, 0.2) is 54.6 Å². The van der Waals surface area contributed by atoms with E-state index in [0.29, 0.717) is 30.5 Å². The highest BCUT2D eigenvalue weighted by molar-refractivity contribution is 6.30. The number of carbonyl (C=O) groups excluding carboxylic acids is 1. The van der Waals surface area contributed by atoms with Gasteiger partial charge < -0.3 is 14.4 Å². The summed E-state index contributed by atoms with van der Waals surface area (Å²) in [5.41, 5.74) is 1.09. The highest BCUT2D eigenvalue weighted by atomic mass is 35.5. The fourth-order valence-electron chi connectivity index (χ4n) is 2.51. The number of amides is 1. The van der Waals surface area contributed by atoms with Crippen LogP contribution in [0.4, 0.5) is 0 Å². The van der Waals surface area contributed by atoms with Crippen molar-refractivity contribution in [2.75, 3.05) is 26.3 Å². The molecule has 23 heavy (non-hydrogen) atoms. The van der Waals surface area contributed by atoms with Gasteiger partial charge in [0.25, 0.3) is 5.91 Å². The van der Waals surface area contributed by atoms with Crippen LogP contribution in [-0.2, 0) is 9.53 Å². The lowest BCUT2D eigenvalue weighted by Gasteiger charge is -2.33.